The van der Waals surface area contributed by atoms with Crippen LogP contribution in [0.15, 0.2) is 52.3 Å². The van der Waals surface area contributed by atoms with E-state index in [1.807, 2.05) is 18.0 Å². The van der Waals surface area contributed by atoms with Gasteiger partial charge in [0.15, 0.2) is 0 Å². The number of rotatable bonds is 4. The molecule has 0 aliphatic carbocycles. The summed E-state index contributed by atoms with van der Waals surface area (Å²) in [6.07, 6.45) is 0. The molecule has 0 radical (unpaired) electrons. The highest BCUT2D eigenvalue weighted by atomic mass is 32.2. The first kappa shape index (κ1) is 19.4. The number of piperazine rings is 1. The number of hydrogen-bond donors (Lipinski definition) is 1. The van der Waals surface area contributed by atoms with Crippen LogP contribution < -0.4 is 5.32 Å². The highest BCUT2D eigenvalue weighted by Gasteiger charge is 2.21. The van der Waals surface area contributed by atoms with Gasteiger partial charge < -0.3 is 15.1 Å². The zero-order chi connectivity index (χ0) is 19.4. The molecule has 0 saturated carbocycles. The van der Waals surface area contributed by atoms with Crippen LogP contribution in [0.4, 0.5) is 10.1 Å². The van der Waals surface area contributed by atoms with Crippen molar-refractivity contribution in [1.29, 1.82) is 0 Å². The number of carbonyl (C=O) groups is 2. The molecule has 7 heteroatoms. The molecule has 2 amide bonds. The van der Waals surface area contributed by atoms with E-state index in [1.165, 1.54) is 30.8 Å². The standard InChI is InChI=1S/C20H22FN3O2S/c1-14(25)22-18-13-15(20(26)24-11-9-23(2)10-12-24)3-8-19(18)27-17-6-4-16(21)5-7-17/h3-8,13H,9-12H2,1-2H3,(H,22,25). The molecule has 1 aliphatic rings. The zero-order valence-electron chi connectivity index (χ0n) is 15.4. The van der Waals surface area contributed by atoms with Crippen molar-refractivity contribution >= 4 is 29.3 Å². The minimum Gasteiger partial charge on any atom is -0.336 e. The molecule has 5 nitrogen and oxygen atoms in total. The minimum atomic E-state index is -0.297. The second-order valence-electron chi connectivity index (χ2n) is 6.54. The monoisotopic (exact) mass is 387 g/mol. The van der Waals surface area contributed by atoms with E-state index in [-0.39, 0.29) is 17.6 Å². The van der Waals surface area contributed by atoms with Gasteiger partial charge in [0.1, 0.15) is 5.82 Å². The fourth-order valence-electron chi connectivity index (χ4n) is 2.86. The van der Waals surface area contributed by atoms with Crippen LogP contribution in [0.1, 0.15) is 17.3 Å². The Kier molecular flexibility index (Phi) is 6.13. The normalized spacial score (nSPS) is 14.9. The summed E-state index contributed by atoms with van der Waals surface area (Å²) in [5.74, 6) is -0.539. The number of nitrogens with one attached hydrogen (secondary N) is 1. The summed E-state index contributed by atoms with van der Waals surface area (Å²) in [6, 6.07) is 11.5. The largest absolute Gasteiger partial charge is 0.336 e. The van der Waals surface area contributed by atoms with Gasteiger partial charge in [0.05, 0.1) is 5.69 Å². The molecule has 0 atom stereocenters. The lowest BCUT2D eigenvalue weighted by Crippen LogP contribution is -2.47. The molecule has 0 bridgehead atoms. The smallest absolute Gasteiger partial charge is 0.254 e. The lowest BCUT2D eigenvalue weighted by molar-refractivity contribution is -0.114. The number of nitrogens with zero attached hydrogens (tertiary/aromatic N) is 2. The predicted molar refractivity (Wildman–Crippen MR) is 105 cm³/mol. The highest BCUT2D eigenvalue weighted by molar-refractivity contribution is 7.99. The molecule has 27 heavy (non-hydrogen) atoms. The van der Waals surface area contributed by atoms with Crippen LogP contribution in [0.5, 0.6) is 0 Å². The van der Waals surface area contributed by atoms with Crippen LogP contribution in [-0.4, -0.2) is 54.8 Å². The molecular formula is C20H22FN3O2S. The van der Waals surface area contributed by atoms with E-state index in [1.54, 1.807) is 24.3 Å². The van der Waals surface area contributed by atoms with Crippen molar-refractivity contribution < 1.29 is 14.0 Å². The number of carbonyl (C=O) groups excluding carboxylic acids is 2. The van der Waals surface area contributed by atoms with Gasteiger partial charge in [0, 0.05) is 48.5 Å². The molecule has 1 saturated heterocycles. The van der Waals surface area contributed by atoms with E-state index < -0.39 is 0 Å². The maximum atomic E-state index is 13.1. The molecule has 0 unspecified atom stereocenters. The quantitative estimate of drug-likeness (QED) is 0.874. The average Bonchev–Trinajstić information content (AvgIpc) is 2.64. The molecule has 0 aromatic heterocycles. The van der Waals surface area contributed by atoms with Gasteiger partial charge in [-0.3, -0.25) is 9.59 Å². The maximum absolute atomic E-state index is 13.1. The maximum Gasteiger partial charge on any atom is 0.254 e. The Labute approximate surface area is 162 Å². The second kappa shape index (κ2) is 8.54. The molecule has 2 aromatic carbocycles. The molecule has 2 aromatic rings. The summed E-state index contributed by atoms with van der Waals surface area (Å²) in [5.41, 5.74) is 1.13. The van der Waals surface area contributed by atoms with Gasteiger partial charge in [-0.05, 0) is 49.5 Å². The number of hydrogen-bond acceptors (Lipinski definition) is 4. The number of likely N-dealkylation sites (N-methyl/N-ethyl adjacent to an activating group) is 1. The minimum absolute atomic E-state index is 0.0342. The number of benzene rings is 2. The van der Waals surface area contributed by atoms with Crippen molar-refractivity contribution in [2.75, 3.05) is 38.5 Å². The molecule has 3 rings (SSSR count). The Morgan fingerprint density at radius 3 is 2.33 bits per heavy atom. The lowest BCUT2D eigenvalue weighted by atomic mass is 10.1. The third-order valence-corrected chi connectivity index (χ3v) is 5.45. The van der Waals surface area contributed by atoms with E-state index in [2.05, 4.69) is 10.2 Å². The van der Waals surface area contributed by atoms with Gasteiger partial charge in [-0.2, -0.15) is 0 Å². The van der Waals surface area contributed by atoms with Gasteiger partial charge in [-0.1, -0.05) is 11.8 Å². The topological polar surface area (TPSA) is 52.7 Å². The Morgan fingerprint density at radius 1 is 1.04 bits per heavy atom. The van der Waals surface area contributed by atoms with Gasteiger partial charge in [-0.15, -0.1) is 0 Å². The van der Waals surface area contributed by atoms with E-state index in [9.17, 15) is 14.0 Å². The number of anilines is 1. The van der Waals surface area contributed by atoms with E-state index in [4.69, 9.17) is 0 Å². The van der Waals surface area contributed by atoms with Crippen molar-refractivity contribution in [3.8, 4) is 0 Å². The number of amides is 2. The Hall–Kier alpha value is -2.38. The zero-order valence-corrected chi connectivity index (χ0v) is 16.2. The lowest BCUT2D eigenvalue weighted by Gasteiger charge is -2.32. The molecular weight excluding hydrogens is 365 g/mol. The first-order valence-corrected chi connectivity index (χ1v) is 9.57. The fourth-order valence-corrected chi connectivity index (χ4v) is 3.74. The Balaban J connectivity index is 1.83. The van der Waals surface area contributed by atoms with Crippen LogP contribution in [-0.2, 0) is 4.79 Å². The summed E-state index contributed by atoms with van der Waals surface area (Å²) < 4.78 is 13.1. The Bertz CT molecular complexity index is 834. The SMILES string of the molecule is CC(=O)Nc1cc(C(=O)N2CCN(C)CC2)ccc1Sc1ccc(F)cc1. The van der Waals surface area contributed by atoms with E-state index >= 15 is 0 Å². The van der Waals surface area contributed by atoms with Crippen LogP contribution in [0.25, 0.3) is 0 Å². The second-order valence-corrected chi connectivity index (χ2v) is 7.66. The van der Waals surface area contributed by atoms with E-state index in [0.29, 0.717) is 24.3 Å². The average molecular weight is 387 g/mol. The Morgan fingerprint density at radius 2 is 1.70 bits per heavy atom. The first-order valence-electron chi connectivity index (χ1n) is 8.75. The van der Waals surface area contributed by atoms with Gasteiger partial charge in [0.2, 0.25) is 5.91 Å². The summed E-state index contributed by atoms with van der Waals surface area (Å²) in [7, 11) is 2.04. The van der Waals surface area contributed by atoms with Gasteiger partial charge in [-0.25, -0.2) is 4.39 Å². The summed E-state index contributed by atoms with van der Waals surface area (Å²) in [5, 5.41) is 2.80. The molecule has 1 N–H and O–H groups in total. The van der Waals surface area contributed by atoms with Crippen LogP contribution in [0.3, 0.4) is 0 Å². The van der Waals surface area contributed by atoms with Crippen molar-refractivity contribution in [1.82, 2.24) is 9.80 Å². The molecule has 142 valence electrons. The van der Waals surface area contributed by atoms with Crippen LogP contribution in [0, 0.1) is 5.82 Å². The van der Waals surface area contributed by atoms with Crippen molar-refractivity contribution in [2.24, 2.45) is 0 Å². The summed E-state index contributed by atoms with van der Waals surface area (Å²) in [6.45, 7) is 4.51. The summed E-state index contributed by atoms with van der Waals surface area (Å²) in [4.78, 5) is 30.1. The highest BCUT2D eigenvalue weighted by Crippen LogP contribution is 2.34. The van der Waals surface area contributed by atoms with Crippen LogP contribution >= 0.6 is 11.8 Å². The third kappa shape index (κ3) is 5.08. The third-order valence-electron chi connectivity index (χ3n) is 4.37. The molecule has 1 heterocycles. The molecule has 1 fully saturated rings. The van der Waals surface area contributed by atoms with Gasteiger partial charge in [0.25, 0.3) is 5.91 Å². The number of halogens is 1. The molecule has 1 aliphatic heterocycles. The van der Waals surface area contributed by atoms with E-state index in [0.717, 1.165) is 22.9 Å². The fraction of sp³-hybridized carbons (Fsp3) is 0.300. The van der Waals surface area contributed by atoms with Gasteiger partial charge >= 0.3 is 0 Å². The van der Waals surface area contributed by atoms with Crippen molar-refractivity contribution in [2.45, 2.75) is 16.7 Å². The van der Waals surface area contributed by atoms with Crippen molar-refractivity contribution in [3.63, 3.8) is 0 Å². The van der Waals surface area contributed by atoms with Crippen LogP contribution in [0.2, 0.25) is 0 Å². The first-order chi connectivity index (χ1) is 12.9. The summed E-state index contributed by atoms with van der Waals surface area (Å²) >= 11 is 1.41. The van der Waals surface area contributed by atoms with Crippen molar-refractivity contribution in [3.05, 3.63) is 53.8 Å². The predicted octanol–water partition coefficient (Wildman–Crippen LogP) is 3.32. The molecule has 0 spiro atoms.